The predicted octanol–water partition coefficient (Wildman–Crippen LogP) is 2.41. The van der Waals surface area contributed by atoms with Crippen LogP contribution in [-0.4, -0.2) is 23.3 Å². The fraction of sp³-hybridized carbons (Fsp3) is 0.615. The van der Waals surface area contributed by atoms with Gasteiger partial charge in [0.05, 0.1) is 18.2 Å². The van der Waals surface area contributed by atoms with Gasteiger partial charge in [-0.3, -0.25) is 0 Å². The van der Waals surface area contributed by atoms with Crippen LogP contribution in [0.4, 0.5) is 4.79 Å². The molecule has 1 atom stereocenters. The average Bonchev–Trinajstić information content (AvgIpc) is 2.99. The van der Waals surface area contributed by atoms with Crippen molar-refractivity contribution in [3.8, 4) is 0 Å². The van der Waals surface area contributed by atoms with Crippen LogP contribution >= 0.6 is 11.3 Å². The number of hydrogen-bond acceptors (Lipinski definition) is 3. The quantitative estimate of drug-likeness (QED) is 0.785. The SMILES string of the molecule is C[C@H](NC(=O)NC1(CO)CCCC1)c1cccs1. The van der Waals surface area contributed by atoms with Crippen molar-refractivity contribution in [2.45, 2.75) is 44.2 Å². The molecule has 5 heteroatoms. The van der Waals surface area contributed by atoms with E-state index < -0.39 is 5.54 Å². The van der Waals surface area contributed by atoms with E-state index in [2.05, 4.69) is 10.6 Å². The van der Waals surface area contributed by atoms with E-state index in [0.717, 1.165) is 30.6 Å². The third-order valence-electron chi connectivity index (χ3n) is 3.56. The number of hydrogen-bond donors (Lipinski definition) is 3. The van der Waals surface area contributed by atoms with Crippen molar-refractivity contribution in [2.75, 3.05) is 6.61 Å². The predicted molar refractivity (Wildman–Crippen MR) is 72.7 cm³/mol. The monoisotopic (exact) mass is 268 g/mol. The molecule has 1 heterocycles. The Hall–Kier alpha value is -1.07. The summed E-state index contributed by atoms with van der Waals surface area (Å²) in [5.41, 5.74) is -0.404. The Morgan fingerprint density at radius 2 is 2.28 bits per heavy atom. The molecule has 3 N–H and O–H groups in total. The highest BCUT2D eigenvalue weighted by atomic mass is 32.1. The minimum absolute atomic E-state index is 0.00199. The summed E-state index contributed by atoms with van der Waals surface area (Å²) in [6, 6.07) is 3.80. The Labute approximate surface area is 111 Å². The molecule has 0 aliphatic heterocycles. The molecule has 1 aliphatic rings. The van der Waals surface area contributed by atoms with Crippen molar-refractivity contribution in [1.82, 2.24) is 10.6 Å². The number of rotatable bonds is 4. The highest BCUT2D eigenvalue weighted by Crippen LogP contribution is 2.29. The van der Waals surface area contributed by atoms with Gasteiger partial charge in [0, 0.05) is 4.88 Å². The van der Waals surface area contributed by atoms with Gasteiger partial charge in [0.15, 0.2) is 0 Å². The lowest BCUT2D eigenvalue weighted by molar-refractivity contribution is 0.162. The smallest absolute Gasteiger partial charge is 0.315 e. The Balaban J connectivity index is 1.88. The van der Waals surface area contributed by atoms with E-state index in [1.54, 1.807) is 11.3 Å². The highest BCUT2D eigenvalue weighted by Gasteiger charge is 2.34. The number of urea groups is 1. The lowest BCUT2D eigenvalue weighted by Gasteiger charge is -2.28. The zero-order valence-corrected chi connectivity index (χ0v) is 11.4. The summed E-state index contributed by atoms with van der Waals surface area (Å²) in [6.07, 6.45) is 3.87. The second-order valence-corrected chi connectivity index (χ2v) is 5.96. The van der Waals surface area contributed by atoms with E-state index in [4.69, 9.17) is 0 Å². The van der Waals surface area contributed by atoms with E-state index in [1.165, 1.54) is 0 Å². The fourth-order valence-corrected chi connectivity index (χ4v) is 3.19. The Morgan fingerprint density at radius 1 is 1.56 bits per heavy atom. The van der Waals surface area contributed by atoms with Gasteiger partial charge in [-0.25, -0.2) is 4.79 Å². The van der Waals surface area contributed by atoms with Crippen LogP contribution in [-0.2, 0) is 0 Å². The second kappa shape index (κ2) is 5.71. The molecule has 1 aliphatic carbocycles. The van der Waals surface area contributed by atoms with Gasteiger partial charge in [0.1, 0.15) is 0 Å². The topological polar surface area (TPSA) is 61.4 Å². The van der Waals surface area contributed by atoms with Crippen LogP contribution in [0.1, 0.15) is 43.5 Å². The minimum Gasteiger partial charge on any atom is -0.394 e. The lowest BCUT2D eigenvalue weighted by atomic mass is 9.99. The molecule has 100 valence electrons. The van der Waals surface area contributed by atoms with E-state index >= 15 is 0 Å². The van der Waals surface area contributed by atoms with E-state index in [1.807, 2.05) is 24.4 Å². The maximum atomic E-state index is 11.9. The number of thiophene rings is 1. The largest absolute Gasteiger partial charge is 0.394 e. The van der Waals surface area contributed by atoms with Crippen LogP contribution in [0, 0.1) is 0 Å². The standard InChI is InChI=1S/C13H20N2O2S/c1-10(11-5-4-8-18-11)14-12(17)15-13(9-16)6-2-3-7-13/h4-5,8,10,16H,2-3,6-7,9H2,1H3,(H2,14,15,17)/t10-/m0/s1. The van der Waals surface area contributed by atoms with Gasteiger partial charge >= 0.3 is 6.03 Å². The van der Waals surface area contributed by atoms with Crippen molar-refractivity contribution in [2.24, 2.45) is 0 Å². The van der Waals surface area contributed by atoms with Gasteiger partial charge in [-0.1, -0.05) is 18.9 Å². The molecule has 0 bridgehead atoms. The summed E-state index contributed by atoms with van der Waals surface area (Å²) in [5.74, 6) is 0. The summed E-state index contributed by atoms with van der Waals surface area (Å²) >= 11 is 1.63. The molecule has 1 aromatic rings. The molecule has 2 rings (SSSR count). The van der Waals surface area contributed by atoms with Gasteiger partial charge < -0.3 is 15.7 Å². The highest BCUT2D eigenvalue weighted by molar-refractivity contribution is 7.10. The van der Waals surface area contributed by atoms with Gasteiger partial charge in [-0.15, -0.1) is 11.3 Å². The first-order valence-corrected chi connectivity index (χ1v) is 7.26. The summed E-state index contributed by atoms with van der Waals surface area (Å²) in [4.78, 5) is 13.1. The van der Waals surface area contributed by atoms with Crippen molar-refractivity contribution < 1.29 is 9.90 Å². The van der Waals surface area contributed by atoms with Gasteiger partial charge in [0.25, 0.3) is 0 Å². The average molecular weight is 268 g/mol. The maximum absolute atomic E-state index is 11.9. The fourth-order valence-electron chi connectivity index (χ4n) is 2.46. The van der Waals surface area contributed by atoms with Crippen LogP contribution in [0.25, 0.3) is 0 Å². The number of carbonyl (C=O) groups excluding carboxylic acids is 1. The van der Waals surface area contributed by atoms with E-state index in [0.29, 0.717) is 0 Å². The number of amides is 2. The third kappa shape index (κ3) is 3.03. The number of aliphatic hydroxyl groups excluding tert-OH is 1. The molecule has 4 nitrogen and oxygen atoms in total. The first-order valence-electron chi connectivity index (χ1n) is 6.38. The molecular weight excluding hydrogens is 248 g/mol. The molecule has 1 aromatic heterocycles. The van der Waals surface area contributed by atoms with E-state index in [-0.39, 0.29) is 18.7 Å². The Bertz CT molecular complexity index is 386. The number of carbonyl (C=O) groups is 1. The first-order chi connectivity index (χ1) is 8.65. The molecule has 1 saturated carbocycles. The number of nitrogens with one attached hydrogen (secondary N) is 2. The Kier molecular flexibility index (Phi) is 4.24. The third-order valence-corrected chi connectivity index (χ3v) is 4.61. The lowest BCUT2D eigenvalue weighted by Crippen LogP contribution is -2.53. The summed E-state index contributed by atoms with van der Waals surface area (Å²) in [5, 5.41) is 17.3. The zero-order chi connectivity index (χ0) is 13.0. The summed E-state index contributed by atoms with van der Waals surface area (Å²) < 4.78 is 0. The van der Waals surface area contributed by atoms with Crippen LogP contribution in [0.2, 0.25) is 0 Å². The molecule has 0 aromatic carbocycles. The first kappa shape index (κ1) is 13.4. The second-order valence-electron chi connectivity index (χ2n) is 4.98. The molecule has 0 unspecified atom stereocenters. The van der Waals surface area contributed by atoms with Crippen molar-refractivity contribution in [1.29, 1.82) is 0 Å². The van der Waals surface area contributed by atoms with Gasteiger partial charge in [0.2, 0.25) is 0 Å². The van der Waals surface area contributed by atoms with Crippen LogP contribution in [0.3, 0.4) is 0 Å². The van der Waals surface area contributed by atoms with Crippen LogP contribution in [0.15, 0.2) is 17.5 Å². The molecule has 1 fully saturated rings. The molecule has 0 saturated heterocycles. The molecule has 0 spiro atoms. The normalized spacial score (nSPS) is 19.4. The molecule has 2 amide bonds. The van der Waals surface area contributed by atoms with E-state index in [9.17, 15) is 9.90 Å². The summed E-state index contributed by atoms with van der Waals surface area (Å²) in [7, 11) is 0. The van der Waals surface area contributed by atoms with Crippen molar-refractivity contribution >= 4 is 17.4 Å². The van der Waals surface area contributed by atoms with Crippen molar-refractivity contribution in [3.05, 3.63) is 22.4 Å². The summed E-state index contributed by atoms with van der Waals surface area (Å²) in [6.45, 7) is 1.99. The molecular formula is C13H20N2O2S. The Morgan fingerprint density at radius 3 is 2.83 bits per heavy atom. The number of aliphatic hydroxyl groups is 1. The van der Waals surface area contributed by atoms with Gasteiger partial charge in [-0.05, 0) is 31.2 Å². The minimum atomic E-state index is -0.404. The van der Waals surface area contributed by atoms with Crippen molar-refractivity contribution in [3.63, 3.8) is 0 Å². The maximum Gasteiger partial charge on any atom is 0.315 e. The van der Waals surface area contributed by atoms with Crippen LogP contribution < -0.4 is 10.6 Å². The van der Waals surface area contributed by atoms with Crippen LogP contribution in [0.5, 0.6) is 0 Å². The molecule has 0 radical (unpaired) electrons. The molecule has 18 heavy (non-hydrogen) atoms. The van der Waals surface area contributed by atoms with Gasteiger partial charge in [-0.2, -0.15) is 0 Å². The zero-order valence-electron chi connectivity index (χ0n) is 10.6.